The van der Waals surface area contributed by atoms with E-state index in [2.05, 4.69) is 48.8 Å². The number of aryl methyl sites for hydroxylation is 1. The van der Waals surface area contributed by atoms with Gasteiger partial charge in [-0.3, -0.25) is 4.68 Å². The summed E-state index contributed by atoms with van der Waals surface area (Å²) in [5, 5.41) is 5.29. The maximum Gasteiger partial charge on any atom is 0.496 e. The Bertz CT molecular complexity index is 896. The normalized spacial score (nSPS) is 19.3. The number of pyridine rings is 1. The predicted octanol–water partition coefficient (Wildman–Crippen LogP) is 2.26. The highest BCUT2D eigenvalue weighted by molar-refractivity contribution is 6.62. The average molecular weight is 324 g/mol. The van der Waals surface area contributed by atoms with E-state index in [1.54, 1.807) is 4.68 Å². The molecule has 0 bridgehead atoms. The molecule has 3 aromatic rings. The number of hydrogen-bond acceptors (Lipinski definition) is 4. The van der Waals surface area contributed by atoms with Gasteiger partial charge in [0.05, 0.1) is 17.4 Å². The van der Waals surface area contributed by atoms with E-state index in [-0.39, 0.29) is 11.2 Å². The van der Waals surface area contributed by atoms with Gasteiger partial charge in [-0.1, -0.05) is 0 Å². The highest BCUT2D eigenvalue weighted by Crippen LogP contribution is 2.36. The number of aromatic amines is 1. The van der Waals surface area contributed by atoms with Crippen molar-refractivity contribution in [1.82, 2.24) is 19.7 Å². The Morgan fingerprint density at radius 3 is 2.46 bits per heavy atom. The van der Waals surface area contributed by atoms with Crippen LogP contribution in [-0.2, 0) is 16.4 Å². The number of H-pyrrole nitrogens is 1. The first-order valence-electron chi connectivity index (χ1n) is 8.08. The Balaban J connectivity index is 1.76. The molecule has 0 atom stereocenters. The SMILES string of the molecule is Cn1cc(-c2c[nH]c3ncc(B4OC(C)(C)C(C)(C)O4)cc23)cn1. The molecule has 7 heteroatoms. The van der Waals surface area contributed by atoms with Gasteiger partial charge in [0.25, 0.3) is 0 Å². The van der Waals surface area contributed by atoms with Crippen molar-refractivity contribution in [2.75, 3.05) is 0 Å². The van der Waals surface area contributed by atoms with Crippen LogP contribution in [0.2, 0.25) is 0 Å². The first-order chi connectivity index (χ1) is 11.3. The fourth-order valence-corrected chi connectivity index (χ4v) is 2.93. The van der Waals surface area contributed by atoms with Crippen molar-refractivity contribution in [2.45, 2.75) is 38.9 Å². The fraction of sp³-hybridized carbons (Fsp3) is 0.412. The van der Waals surface area contributed by atoms with E-state index < -0.39 is 7.12 Å². The second kappa shape index (κ2) is 4.94. The summed E-state index contributed by atoms with van der Waals surface area (Å²) in [6.45, 7) is 8.21. The topological polar surface area (TPSA) is 65.0 Å². The van der Waals surface area contributed by atoms with Gasteiger partial charge in [-0.25, -0.2) is 4.98 Å². The molecule has 0 aliphatic carbocycles. The Morgan fingerprint density at radius 1 is 1.12 bits per heavy atom. The lowest BCUT2D eigenvalue weighted by Crippen LogP contribution is -2.41. The molecule has 24 heavy (non-hydrogen) atoms. The molecule has 4 rings (SSSR count). The van der Waals surface area contributed by atoms with E-state index in [4.69, 9.17) is 9.31 Å². The van der Waals surface area contributed by atoms with E-state index in [0.29, 0.717) is 0 Å². The van der Waals surface area contributed by atoms with Gasteiger partial charge in [0.1, 0.15) is 5.65 Å². The number of hydrogen-bond donors (Lipinski definition) is 1. The van der Waals surface area contributed by atoms with E-state index >= 15 is 0 Å². The smallest absolute Gasteiger partial charge is 0.399 e. The van der Waals surface area contributed by atoms with E-state index in [1.165, 1.54) is 0 Å². The lowest BCUT2D eigenvalue weighted by Gasteiger charge is -2.32. The molecule has 0 radical (unpaired) electrons. The minimum Gasteiger partial charge on any atom is -0.399 e. The summed E-state index contributed by atoms with van der Waals surface area (Å²) in [5.74, 6) is 0. The zero-order chi connectivity index (χ0) is 17.1. The molecule has 1 saturated heterocycles. The molecule has 1 fully saturated rings. The summed E-state index contributed by atoms with van der Waals surface area (Å²) >= 11 is 0. The number of nitrogens with zero attached hydrogens (tertiary/aromatic N) is 3. The standard InChI is InChI=1S/C17H21BN4O2/c1-16(2)17(3,4)24-18(23-16)12-6-13-14(9-20-15(13)19-8-12)11-7-21-22(5)10-11/h6-10H,1-5H3,(H,19,20). The molecule has 0 spiro atoms. The van der Waals surface area contributed by atoms with Crippen LogP contribution in [-0.4, -0.2) is 38.1 Å². The zero-order valence-electron chi connectivity index (χ0n) is 14.6. The Kier molecular flexibility index (Phi) is 3.17. The Hall–Kier alpha value is -2.12. The molecular formula is C17H21BN4O2. The maximum atomic E-state index is 6.14. The maximum absolute atomic E-state index is 6.14. The van der Waals surface area contributed by atoms with Gasteiger partial charge in [0.2, 0.25) is 0 Å². The first-order valence-corrected chi connectivity index (χ1v) is 8.08. The van der Waals surface area contributed by atoms with E-state index in [9.17, 15) is 0 Å². The molecule has 0 amide bonds. The van der Waals surface area contributed by atoms with Crippen LogP contribution in [0.4, 0.5) is 0 Å². The van der Waals surface area contributed by atoms with Gasteiger partial charge >= 0.3 is 7.12 Å². The molecule has 4 heterocycles. The van der Waals surface area contributed by atoms with Gasteiger partial charge in [0.15, 0.2) is 0 Å². The van der Waals surface area contributed by atoms with Gasteiger partial charge < -0.3 is 14.3 Å². The average Bonchev–Trinajstić information content (AvgIpc) is 3.15. The molecule has 0 saturated carbocycles. The quantitative estimate of drug-likeness (QED) is 0.735. The highest BCUT2D eigenvalue weighted by atomic mass is 16.7. The molecule has 0 aromatic carbocycles. The van der Waals surface area contributed by atoms with Crippen LogP contribution >= 0.6 is 0 Å². The molecule has 1 aliphatic rings. The van der Waals surface area contributed by atoms with Gasteiger partial charge in [0, 0.05) is 47.6 Å². The van der Waals surface area contributed by atoms with Crippen LogP contribution < -0.4 is 5.46 Å². The van der Waals surface area contributed by atoms with Crippen molar-refractivity contribution in [1.29, 1.82) is 0 Å². The van der Waals surface area contributed by atoms with Crippen LogP contribution in [0, 0.1) is 0 Å². The number of fused-ring (bicyclic) bond motifs is 1. The monoisotopic (exact) mass is 324 g/mol. The molecule has 0 unspecified atom stereocenters. The van der Waals surface area contributed by atoms with E-state index in [0.717, 1.165) is 27.6 Å². The van der Waals surface area contributed by atoms with Crippen molar-refractivity contribution >= 4 is 23.6 Å². The van der Waals surface area contributed by atoms with Crippen molar-refractivity contribution < 1.29 is 9.31 Å². The van der Waals surface area contributed by atoms with E-state index in [1.807, 2.05) is 31.8 Å². The Morgan fingerprint density at radius 2 is 1.83 bits per heavy atom. The predicted molar refractivity (Wildman–Crippen MR) is 94.0 cm³/mol. The summed E-state index contributed by atoms with van der Waals surface area (Å²) in [4.78, 5) is 7.75. The summed E-state index contributed by atoms with van der Waals surface area (Å²) in [6.07, 6.45) is 7.62. The molecule has 124 valence electrons. The summed E-state index contributed by atoms with van der Waals surface area (Å²) in [5.41, 5.74) is 3.16. The van der Waals surface area contributed by atoms with Crippen molar-refractivity contribution in [3.63, 3.8) is 0 Å². The molecule has 1 aliphatic heterocycles. The Labute approximate surface area is 141 Å². The minimum absolute atomic E-state index is 0.364. The highest BCUT2D eigenvalue weighted by Gasteiger charge is 2.51. The largest absolute Gasteiger partial charge is 0.496 e. The van der Waals surface area contributed by atoms with Crippen LogP contribution in [0.1, 0.15) is 27.7 Å². The molecule has 3 aromatic heterocycles. The number of rotatable bonds is 2. The lowest BCUT2D eigenvalue weighted by atomic mass is 9.80. The summed E-state index contributed by atoms with van der Waals surface area (Å²) in [7, 11) is 1.50. The second-order valence-corrected chi connectivity index (χ2v) is 7.36. The van der Waals surface area contributed by atoms with Crippen LogP contribution in [0.5, 0.6) is 0 Å². The van der Waals surface area contributed by atoms with Gasteiger partial charge in [-0.15, -0.1) is 0 Å². The number of aromatic nitrogens is 4. The molecule has 1 N–H and O–H groups in total. The molecular weight excluding hydrogens is 303 g/mol. The van der Waals surface area contributed by atoms with Crippen molar-refractivity contribution in [2.24, 2.45) is 7.05 Å². The minimum atomic E-state index is -0.413. The third-order valence-corrected chi connectivity index (χ3v) is 5.09. The van der Waals surface area contributed by atoms with Crippen LogP contribution in [0.15, 0.2) is 30.9 Å². The summed E-state index contributed by atoms with van der Waals surface area (Å²) in [6, 6.07) is 2.09. The summed E-state index contributed by atoms with van der Waals surface area (Å²) < 4.78 is 14.1. The molecule has 6 nitrogen and oxygen atoms in total. The number of nitrogens with one attached hydrogen (secondary N) is 1. The lowest BCUT2D eigenvalue weighted by molar-refractivity contribution is 0.00578. The third-order valence-electron chi connectivity index (χ3n) is 5.09. The van der Waals surface area contributed by atoms with Crippen LogP contribution in [0.25, 0.3) is 22.2 Å². The second-order valence-electron chi connectivity index (χ2n) is 7.36. The van der Waals surface area contributed by atoms with Gasteiger partial charge in [-0.05, 0) is 33.8 Å². The van der Waals surface area contributed by atoms with Gasteiger partial charge in [-0.2, -0.15) is 5.10 Å². The zero-order valence-corrected chi connectivity index (χ0v) is 14.6. The fourth-order valence-electron chi connectivity index (χ4n) is 2.93. The van der Waals surface area contributed by atoms with Crippen LogP contribution in [0.3, 0.4) is 0 Å². The van der Waals surface area contributed by atoms with Crippen molar-refractivity contribution in [3.8, 4) is 11.1 Å². The first kappa shape index (κ1) is 15.4. The third kappa shape index (κ3) is 2.27. The van der Waals surface area contributed by atoms with Crippen molar-refractivity contribution in [3.05, 3.63) is 30.9 Å².